The Labute approximate surface area is 142 Å². The van der Waals surface area contributed by atoms with Gasteiger partial charge in [0.25, 0.3) is 0 Å². The van der Waals surface area contributed by atoms with Crippen LogP contribution < -0.4 is 10.5 Å². The van der Waals surface area contributed by atoms with Gasteiger partial charge in [-0.05, 0) is 29.8 Å². The molecule has 0 aliphatic heterocycles. The Balaban J connectivity index is 1.72. The van der Waals surface area contributed by atoms with Gasteiger partial charge in [-0.25, -0.2) is 0 Å². The molecule has 0 fully saturated rings. The number of aromatic carboxylic acids is 1. The average Bonchev–Trinajstić information content (AvgIpc) is 3.04. The number of anilines is 1. The van der Waals surface area contributed by atoms with Crippen LogP contribution in [0.3, 0.4) is 0 Å². The van der Waals surface area contributed by atoms with E-state index in [2.05, 4.69) is 20.7 Å². The van der Waals surface area contributed by atoms with Gasteiger partial charge in [0.2, 0.25) is 0 Å². The summed E-state index contributed by atoms with van der Waals surface area (Å²) in [5.74, 6) is -1.21. The molecule has 6 nitrogen and oxygen atoms in total. The van der Waals surface area contributed by atoms with Crippen molar-refractivity contribution >= 4 is 29.5 Å². The minimum atomic E-state index is -1.21. The number of aromatic amines is 1. The minimum Gasteiger partial charge on any atom is -0.545 e. The van der Waals surface area contributed by atoms with Crippen molar-refractivity contribution in [2.45, 2.75) is 0 Å². The van der Waals surface area contributed by atoms with Crippen molar-refractivity contribution in [1.29, 1.82) is 0 Å². The number of carbonyl (C=O) groups excluding carboxylic acids is 1. The summed E-state index contributed by atoms with van der Waals surface area (Å²) in [6, 6.07) is 13.5. The predicted octanol–water partition coefficient (Wildman–Crippen LogP) is 2.54. The maximum atomic E-state index is 10.7. The number of nitrogens with zero attached hydrogens (tertiary/aromatic N) is 2. The summed E-state index contributed by atoms with van der Waals surface area (Å²) in [5.41, 5.74) is 6.17. The molecule has 0 aliphatic rings. The van der Waals surface area contributed by atoms with E-state index >= 15 is 0 Å². The second-order valence-corrected chi connectivity index (χ2v) is 5.38. The van der Waals surface area contributed by atoms with Gasteiger partial charge in [-0.15, -0.1) is 0 Å². The van der Waals surface area contributed by atoms with Gasteiger partial charge in [-0.1, -0.05) is 35.9 Å². The van der Waals surface area contributed by atoms with E-state index in [0.29, 0.717) is 10.7 Å². The first-order chi connectivity index (χ1) is 11.6. The van der Waals surface area contributed by atoms with Crippen LogP contribution in [-0.2, 0) is 0 Å². The number of nitrogens with one attached hydrogen (secondary N) is 2. The monoisotopic (exact) mass is 339 g/mol. The highest BCUT2D eigenvalue weighted by molar-refractivity contribution is 6.30. The van der Waals surface area contributed by atoms with Gasteiger partial charge < -0.3 is 9.90 Å². The smallest absolute Gasteiger partial charge is 0.0738 e. The first-order valence-corrected chi connectivity index (χ1v) is 7.41. The maximum Gasteiger partial charge on any atom is 0.0738 e. The van der Waals surface area contributed by atoms with E-state index in [1.165, 1.54) is 12.1 Å². The van der Waals surface area contributed by atoms with Gasteiger partial charge in [0.05, 0.1) is 29.8 Å². The van der Waals surface area contributed by atoms with Crippen LogP contribution in [0.5, 0.6) is 0 Å². The Morgan fingerprint density at radius 2 is 1.88 bits per heavy atom. The quantitative estimate of drug-likeness (QED) is 0.552. The fraction of sp³-hybridized carbons (Fsp3) is 0. The molecule has 24 heavy (non-hydrogen) atoms. The fourth-order valence-electron chi connectivity index (χ4n) is 2.10. The third kappa shape index (κ3) is 3.61. The van der Waals surface area contributed by atoms with E-state index in [1.54, 1.807) is 36.7 Å². The van der Waals surface area contributed by atoms with Crippen molar-refractivity contribution in [2.24, 2.45) is 5.10 Å². The van der Waals surface area contributed by atoms with E-state index < -0.39 is 5.97 Å². The van der Waals surface area contributed by atoms with Crippen molar-refractivity contribution in [3.63, 3.8) is 0 Å². The van der Waals surface area contributed by atoms with Crippen LogP contribution in [0.4, 0.5) is 5.69 Å². The number of carboxylic acid groups (broad SMARTS) is 1. The highest BCUT2D eigenvalue weighted by Gasteiger charge is 2.05. The summed E-state index contributed by atoms with van der Waals surface area (Å²) in [6.07, 6.45) is 3.29. The molecular formula is C17H12ClN4O2-. The van der Waals surface area contributed by atoms with Crippen LogP contribution in [-0.4, -0.2) is 22.4 Å². The Morgan fingerprint density at radius 1 is 1.17 bits per heavy atom. The lowest BCUT2D eigenvalue weighted by atomic mass is 10.1. The van der Waals surface area contributed by atoms with Crippen molar-refractivity contribution in [2.75, 3.05) is 5.43 Å². The van der Waals surface area contributed by atoms with Gasteiger partial charge in [-0.3, -0.25) is 10.5 Å². The lowest BCUT2D eigenvalue weighted by Crippen LogP contribution is -2.21. The van der Waals surface area contributed by atoms with E-state index in [0.717, 1.165) is 16.8 Å². The summed E-state index contributed by atoms with van der Waals surface area (Å²) in [6.45, 7) is 0. The summed E-state index contributed by atoms with van der Waals surface area (Å²) < 4.78 is 0. The van der Waals surface area contributed by atoms with Crippen LogP contribution >= 0.6 is 11.6 Å². The van der Waals surface area contributed by atoms with Crippen molar-refractivity contribution in [1.82, 2.24) is 10.2 Å². The molecule has 7 heteroatoms. The van der Waals surface area contributed by atoms with Crippen LogP contribution in [0.15, 0.2) is 59.8 Å². The van der Waals surface area contributed by atoms with Crippen LogP contribution in [0.25, 0.3) is 11.3 Å². The number of halogens is 1. The molecule has 1 aromatic heterocycles. The van der Waals surface area contributed by atoms with Crippen molar-refractivity contribution in [3.8, 4) is 11.3 Å². The summed E-state index contributed by atoms with van der Waals surface area (Å²) in [4.78, 5) is 10.7. The molecule has 0 aliphatic carbocycles. The van der Waals surface area contributed by atoms with Gasteiger partial charge >= 0.3 is 0 Å². The number of carboxylic acids is 1. The Kier molecular flexibility index (Phi) is 4.58. The zero-order valence-electron chi connectivity index (χ0n) is 12.4. The number of hydrogen-bond acceptors (Lipinski definition) is 5. The third-order valence-electron chi connectivity index (χ3n) is 3.32. The Hall–Kier alpha value is -3.12. The number of H-pyrrole nitrogens is 1. The van der Waals surface area contributed by atoms with Crippen LogP contribution in [0, 0.1) is 0 Å². The Bertz CT molecular complexity index is 870. The standard InChI is InChI=1S/C17H13ClN4O2/c18-14-5-1-11(2-6-14)16-13(10-20-22-16)9-19-21-15-7-3-12(4-8-15)17(23)24/h1-10,21H,(H,20,22)(H,23,24)/p-1/b19-9+. The van der Waals surface area contributed by atoms with Gasteiger partial charge in [0, 0.05) is 16.1 Å². The highest BCUT2D eigenvalue weighted by atomic mass is 35.5. The summed E-state index contributed by atoms with van der Waals surface area (Å²) in [7, 11) is 0. The molecule has 0 spiro atoms. The van der Waals surface area contributed by atoms with E-state index in [1.807, 2.05) is 12.1 Å². The largest absolute Gasteiger partial charge is 0.545 e. The van der Waals surface area contributed by atoms with E-state index in [-0.39, 0.29) is 5.56 Å². The molecule has 0 unspecified atom stereocenters. The predicted molar refractivity (Wildman–Crippen MR) is 91.0 cm³/mol. The number of carbonyl (C=O) groups is 1. The maximum absolute atomic E-state index is 10.7. The summed E-state index contributed by atoms with van der Waals surface area (Å²) >= 11 is 5.89. The molecule has 0 saturated carbocycles. The van der Waals surface area contributed by atoms with Crippen molar-refractivity contribution in [3.05, 3.63) is 70.9 Å². The summed E-state index contributed by atoms with van der Waals surface area (Å²) in [5, 5.41) is 22.4. The molecule has 0 radical (unpaired) electrons. The number of hydrazone groups is 1. The van der Waals surface area contributed by atoms with Gasteiger partial charge in [0.15, 0.2) is 0 Å². The lowest BCUT2D eigenvalue weighted by molar-refractivity contribution is -0.255. The average molecular weight is 340 g/mol. The molecular weight excluding hydrogens is 328 g/mol. The second kappa shape index (κ2) is 6.97. The minimum absolute atomic E-state index is 0.115. The van der Waals surface area contributed by atoms with Crippen LogP contribution in [0.2, 0.25) is 5.02 Å². The molecule has 3 rings (SSSR count). The fourth-order valence-corrected chi connectivity index (χ4v) is 2.22. The number of benzene rings is 2. The lowest BCUT2D eigenvalue weighted by Gasteiger charge is -2.04. The number of hydrogen-bond donors (Lipinski definition) is 2. The van der Waals surface area contributed by atoms with Crippen molar-refractivity contribution < 1.29 is 9.90 Å². The number of aromatic nitrogens is 2. The third-order valence-corrected chi connectivity index (χ3v) is 3.57. The molecule has 3 aromatic rings. The topological polar surface area (TPSA) is 93.2 Å². The second-order valence-electron chi connectivity index (χ2n) is 4.94. The normalized spacial score (nSPS) is 10.9. The SMILES string of the molecule is O=C([O-])c1ccc(N/N=C/c2cn[nH]c2-c2ccc(Cl)cc2)cc1. The molecule has 2 aromatic carbocycles. The zero-order chi connectivity index (χ0) is 16.9. The molecule has 0 saturated heterocycles. The Morgan fingerprint density at radius 3 is 2.54 bits per heavy atom. The molecule has 0 atom stereocenters. The first kappa shape index (κ1) is 15.8. The molecule has 0 bridgehead atoms. The van der Waals surface area contributed by atoms with E-state index in [9.17, 15) is 9.90 Å². The molecule has 2 N–H and O–H groups in total. The van der Waals surface area contributed by atoms with E-state index in [4.69, 9.17) is 11.6 Å². The number of rotatable bonds is 5. The highest BCUT2D eigenvalue weighted by Crippen LogP contribution is 2.22. The van der Waals surface area contributed by atoms with Gasteiger partial charge in [-0.2, -0.15) is 10.2 Å². The van der Waals surface area contributed by atoms with Crippen LogP contribution in [0.1, 0.15) is 15.9 Å². The molecule has 120 valence electrons. The molecule has 0 amide bonds. The zero-order valence-corrected chi connectivity index (χ0v) is 13.1. The first-order valence-electron chi connectivity index (χ1n) is 7.03. The van der Waals surface area contributed by atoms with Gasteiger partial charge in [0.1, 0.15) is 0 Å². The molecule has 1 heterocycles.